The molecule has 0 N–H and O–H groups in total. The van der Waals surface area contributed by atoms with E-state index in [0.717, 1.165) is 9.88 Å². The van der Waals surface area contributed by atoms with Crippen molar-refractivity contribution in [1.29, 1.82) is 0 Å². The van der Waals surface area contributed by atoms with E-state index in [1.165, 1.54) is 23.6 Å². The molecule has 19 heavy (non-hydrogen) atoms. The number of nitrogens with zero attached hydrogens (tertiary/aromatic N) is 3. The highest BCUT2D eigenvalue weighted by Gasteiger charge is 2.22. The molecule has 0 radical (unpaired) electrons. The molecule has 8 heteroatoms. The van der Waals surface area contributed by atoms with Crippen LogP contribution in [0.15, 0.2) is 24.5 Å². The van der Waals surface area contributed by atoms with Gasteiger partial charge in [0.2, 0.25) is 6.29 Å². The van der Waals surface area contributed by atoms with Crippen molar-refractivity contribution in [3.05, 3.63) is 39.6 Å². The van der Waals surface area contributed by atoms with Crippen molar-refractivity contribution < 1.29 is 14.4 Å². The molecule has 0 aromatic carbocycles. The quantitative estimate of drug-likeness (QED) is 0.632. The first-order chi connectivity index (χ1) is 9.24. The van der Waals surface area contributed by atoms with Gasteiger partial charge in [0, 0.05) is 12.3 Å². The number of hydrogen-bond acceptors (Lipinski definition) is 7. The van der Waals surface area contributed by atoms with Gasteiger partial charge in [0.25, 0.3) is 5.69 Å². The number of thiazole rings is 1. The van der Waals surface area contributed by atoms with E-state index in [0.29, 0.717) is 18.9 Å². The Morgan fingerprint density at radius 2 is 2.05 bits per heavy atom. The fourth-order valence-corrected chi connectivity index (χ4v) is 2.55. The molecular weight excluding hydrogens is 270 g/mol. The van der Waals surface area contributed by atoms with E-state index < -0.39 is 11.2 Å². The zero-order valence-electron chi connectivity index (χ0n) is 9.68. The van der Waals surface area contributed by atoms with Crippen LogP contribution in [0.4, 0.5) is 5.69 Å². The highest BCUT2D eigenvalue weighted by Crippen LogP contribution is 2.32. The smallest absolute Gasteiger partial charge is 0.287 e. The van der Waals surface area contributed by atoms with Crippen LogP contribution in [0.3, 0.4) is 0 Å². The Morgan fingerprint density at radius 1 is 1.26 bits per heavy atom. The molecule has 1 fully saturated rings. The molecule has 0 unspecified atom stereocenters. The van der Waals surface area contributed by atoms with Gasteiger partial charge in [-0.2, -0.15) is 0 Å². The molecule has 1 saturated heterocycles. The van der Waals surface area contributed by atoms with E-state index in [2.05, 4.69) is 9.97 Å². The average Bonchev–Trinajstić information content (AvgIpc) is 3.10. The number of hydrogen-bond donors (Lipinski definition) is 0. The number of nitro groups is 1. The largest absolute Gasteiger partial charge is 0.344 e. The van der Waals surface area contributed by atoms with E-state index >= 15 is 0 Å². The first-order valence-electron chi connectivity index (χ1n) is 5.54. The minimum absolute atomic E-state index is 0.0315. The summed E-state index contributed by atoms with van der Waals surface area (Å²) in [6.07, 6.45) is 2.49. The number of rotatable bonds is 3. The first kappa shape index (κ1) is 12.2. The zero-order valence-corrected chi connectivity index (χ0v) is 10.5. The minimum atomic E-state index is -0.477. The normalized spacial score (nSPS) is 15.8. The monoisotopic (exact) mass is 279 g/mol. The Labute approximate surface area is 112 Å². The van der Waals surface area contributed by atoms with Crippen LogP contribution in [0.25, 0.3) is 10.6 Å². The van der Waals surface area contributed by atoms with E-state index in [4.69, 9.17) is 9.47 Å². The molecule has 3 rings (SSSR count). The molecule has 1 aliphatic heterocycles. The number of aromatic nitrogens is 2. The Morgan fingerprint density at radius 3 is 2.68 bits per heavy atom. The molecule has 1 aliphatic rings. The summed E-state index contributed by atoms with van der Waals surface area (Å²) in [4.78, 5) is 19.2. The second kappa shape index (κ2) is 5.00. The molecule has 0 bridgehead atoms. The van der Waals surface area contributed by atoms with Crippen molar-refractivity contribution in [3.8, 4) is 10.6 Å². The molecule has 2 aromatic rings. The van der Waals surface area contributed by atoms with Gasteiger partial charge in [-0.3, -0.25) is 10.1 Å². The summed E-state index contributed by atoms with van der Waals surface area (Å²) < 4.78 is 10.7. The molecule has 98 valence electrons. The molecule has 7 nitrogen and oxygen atoms in total. The third kappa shape index (κ3) is 2.46. The zero-order chi connectivity index (χ0) is 13.2. The lowest BCUT2D eigenvalue weighted by Crippen LogP contribution is -1.95. The van der Waals surface area contributed by atoms with Gasteiger partial charge in [0.05, 0.1) is 28.7 Å². The highest BCUT2D eigenvalue weighted by molar-refractivity contribution is 7.15. The SMILES string of the molecule is O=[N+]([O-])c1ccc(-c2cnc(C3OCCO3)s2)nc1. The van der Waals surface area contributed by atoms with E-state index in [1.54, 1.807) is 12.3 Å². The van der Waals surface area contributed by atoms with Crippen LogP contribution >= 0.6 is 11.3 Å². The highest BCUT2D eigenvalue weighted by atomic mass is 32.1. The summed E-state index contributed by atoms with van der Waals surface area (Å²) in [6, 6.07) is 3.02. The van der Waals surface area contributed by atoms with Gasteiger partial charge in [-0.15, -0.1) is 11.3 Å². The Hall–Kier alpha value is -1.90. The summed E-state index contributed by atoms with van der Waals surface area (Å²) in [6.45, 7) is 1.13. The standard InChI is InChI=1S/C11H9N3O4S/c15-14(16)7-1-2-8(12-5-7)9-6-13-10(19-9)11-17-3-4-18-11/h1-2,5-6,11H,3-4H2. The van der Waals surface area contributed by atoms with Crippen LogP contribution in [0, 0.1) is 10.1 Å². The fraction of sp³-hybridized carbons (Fsp3) is 0.273. The Kier molecular flexibility index (Phi) is 3.20. The van der Waals surface area contributed by atoms with Gasteiger partial charge < -0.3 is 9.47 Å². The van der Waals surface area contributed by atoms with Crippen LogP contribution in [0.1, 0.15) is 11.3 Å². The maximum absolute atomic E-state index is 10.5. The van der Waals surface area contributed by atoms with Crippen LogP contribution in [-0.4, -0.2) is 28.1 Å². The maximum atomic E-state index is 10.5. The lowest BCUT2D eigenvalue weighted by molar-refractivity contribution is -0.385. The van der Waals surface area contributed by atoms with Crippen LogP contribution in [0.5, 0.6) is 0 Å². The van der Waals surface area contributed by atoms with Gasteiger partial charge in [-0.25, -0.2) is 9.97 Å². The van der Waals surface area contributed by atoms with Gasteiger partial charge in [0.15, 0.2) is 0 Å². The lowest BCUT2D eigenvalue weighted by atomic mass is 10.3. The maximum Gasteiger partial charge on any atom is 0.287 e. The van der Waals surface area contributed by atoms with Crippen molar-refractivity contribution >= 4 is 17.0 Å². The topological polar surface area (TPSA) is 87.4 Å². The van der Waals surface area contributed by atoms with Gasteiger partial charge in [-0.05, 0) is 6.07 Å². The van der Waals surface area contributed by atoms with Gasteiger partial charge in [0.1, 0.15) is 11.2 Å². The average molecular weight is 279 g/mol. The van der Waals surface area contributed by atoms with E-state index in [-0.39, 0.29) is 5.69 Å². The van der Waals surface area contributed by atoms with Crippen LogP contribution in [0.2, 0.25) is 0 Å². The second-order valence-electron chi connectivity index (χ2n) is 3.80. The van der Waals surface area contributed by atoms with Crippen molar-refractivity contribution in [1.82, 2.24) is 9.97 Å². The fourth-order valence-electron chi connectivity index (χ4n) is 1.66. The molecule has 0 saturated carbocycles. The summed E-state index contributed by atoms with van der Waals surface area (Å²) >= 11 is 1.40. The van der Waals surface area contributed by atoms with Crippen LogP contribution < -0.4 is 0 Å². The number of ether oxygens (including phenoxy) is 2. The van der Waals surface area contributed by atoms with E-state index in [9.17, 15) is 10.1 Å². The molecule has 0 amide bonds. The predicted molar refractivity (Wildman–Crippen MR) is 66.6 cm³/mol. The Balaban J connectivity index is 1.83. The van der Waals surface area contributed by atoms with Crippen molar-refractivity contribution in [2.75, 3.05) is 13.2 Å². The predicted octanol–water partition coefficient (Wildman–Crippen LogP) is 2.16. The molecule has 0 atom stereocenters. The summed E-state index contributed by atoms with van der Waals surface area (Å²) in [5, 5.41) is 11.3. The molecule has 3 heterocycles. The summed E-state index contributed by atoms with van der Waals surface area (Å²) in [5.41, 5.74) is 0.614. The van der Waals surface area contributed by atoms with Crippen molar-refractivity contribution in [2.45, 2.75) is 6.29 Å². The van der Waals surface area contributed by atoms with Crippen LogP contribution in [-0.2, 0) is 9.47 Å². The third-order valence-corrected chi connectivity index (χ3v) is 3.60. The van der Waals surface area contributed by atoms with Crippen molar-refractivity contribution in [2.24, 2.45) is 0 Å². The third-order valence-electron chi connectivity index (χ3n) is 2.56. The molecule has 0 spiro atoms. The summed E-state index contributed by atoms with van der Waals surface area (Å²) in [7, 11) is 0. The molecule has 2 aromatic heterocycles. The van der Waals surface area contributed by atoms with Gasteiger partial charge >= 0.3 is 0 Å². The minimum Gasteiger partial charge on any atom is -0.344 e. The van der Waals surface area contributed by atoms with Gasteiger partial charge in [-0.1, -0.05) is 0 Å². The molecular formula is C11H9N3O4S. The molecule has 0 aliphatic carbocycles. The number of pyridine rings is 1. The first-order valence-corrected chi connectivity index (χ1v) is 6.35. The Bertz CT molecular complexity index is 592. The van der Waals surface area contributed by atoms with Crippen molar-refractivity contribution in [3.63, 3.8) is 0 Å². The van der Waals surface area contributed by atoms with E-state index in [1.807, 2.05) is 0 Å². The summed E-state index contributed by atoms with van der Waals surface area (Å²) in [5.74, 6) is 0. The lowest BCUT2D eigenvalue weighted by Gasteiger charge is -2.02. The second-order valence-corrected chi connectivity index (χ2v) is 4.86.